The second kappa shape index (κ2) is 5.82. The highest BCUT2D eigenvalue weighted by Gasteiger charge is 2.32. The van der Waals surface area contributed by atoms with Gasteiger partial charge in [-0.2, -0.15) is 0 Å². The Hall–Kier alpha value is -0.930. The third-order valence-corrected chi connectivity index (χ3v) is 4.61. The predicted octanol–water partition coefficient (Wildman–Crippen LogP) is 3.26. The lowest BCUT2D eigenvalue weighted by molar-refractivity contribution is 0.184. The van der Waals surface area contributed by atoms with Crippen molar-refractivity contribution < 1.29 is 4.39 Å². The summed E-state index contributed by atoms with van der Waals surface area (Å²) in [7, 11) is 0. The monoisotopic (exact) mass is 276 g/mol. The Morgan fingerprint density at radius 1 is 1.20 bits per heavy atom. The van der Waals surface area contributed by atoms with E-state index in [4.69, 9.17) is 5.73 Å². The summed E-state index contributed by atoms with van der Waals surface area (Å²) in [5.41, 5.74) is 7.95. The number of hydrogen-bond acceptors (Lipinski definition) is 2. The molecule has 0 radical (unpaired) electrons. The number of aryl methyl sites for hydroxylation is 1. The van der Waals surface area contributed by atoms with Gasteiger partial charge in [0.1, 0.15) is 5.82 Å². The maximum Gasteiger partial charge on any atom is 0.126 e. The van der Waals surface area contributed by atoms with Crippen LogP contribution in [-0.4, -0.2) is 24.5 Å². The fraction of sp³-hybridized carbons (Fsp3) is 0.647. The Bertz CT molecular complexity index is 452. The molecule has 2 fully saturated rings. The molecule has 2 N–H and O–H groups in total. The van der Waals surface area contributed by atoms with Gasteiger partial charge in [0.05, 0.1) is 0 Å². The Kier molecular flexibility index (Phi) is 4.08. The Morgan fingerprint density at radius 3 is 2.25 bits per heavy atom. The number of nitrogens with two attached hydrogens (primary N) is 1. The van der Waals surface area contributed by atoms with Crippen LogP contribution in [0, 0.1) is 24.6 Å². The molecule has 2 saturated carbocycles. The number of nitrogens with zero attached hydrogens (tertiary/aromatic N) is 1. The van der Waals surface area contributed by atoms with Crippen molar-refractivity contribution in [2.24, 2.45) is 17.6 Å². The Labute approximate surface area is 121 Å². The predicted molar refractivity (Wildman–Crippen MR) is 80.0 cm³/mol. The van der Waals surface area contributed by atoms with E-state index in [0.29, 0.717) is 6.54 Å². The molecule has 0 saturated heterocycles. The lowest BCUT2D eigenvalue weighted by Gasteiger charge is -2.31. The third kappa shape index (κ3) is 3.39. The van der Waals surface area contributed by atoms with Gasteiger partial charge in [0.25, 0.3) is 0 Å². The van der Waals surface area contributed by atoms with E-state index in [9.17, 15) is 4.39 Å². The fourth-order valence-electron chi connectivity index (χ4n) is 2.96. The summed E-state index contributed by atoms with van der Waals surface area (Å²) in [4.78, 5) is 2.56. The number of halogens is 1. The summed E-state index contributed by atoms with van der Waals surface area (Å²) < 4.78 is 13.5. The van der Waals surface area contributed by atoms with Crippen molar-refractivity contribution in [3.8, 4) is 0 Å². The van der Waals surface area contributed by atoms with Crippen LogP contribution < -0.4 is 5.73 Å². The van der Waals surface area contributed by atoms with E-state index >= 15 is 0 Å². The minimum Gasteiger partial charge on any atom is -0.329 e. The molecule has 0 heterocycles. The van der Waals surface area contributed by atoms with E-state index in [1.807, 2.05) is 19.1 Å². The van der Waals surface area contributed by atoms with E-state index in [-0.39, 0.29) is 11.9 Å². The van der Waals surface area contributed by atoms with Crippen LogP contribution in [0.15, 0.2) is 18.2 Å². The van der Waals surface area contributed by atoms with Crippen LogP contribution in [0.25, 0.3) is 0 Å². The van der Waals surface area contributed by atoms with Crippen LogP contribution in [0.3, 0.4) is 0 Å². The van der Waals surface area contributed by atoms with Crippen LogP contribution in [0.1, 0.15) is 42.9 Å². The summed E-state index contributed by atoms with van der Waals surface area (Å²) in [6, 6.07) is 5.71. The number of rotatable bonds is 7. The van der Waals surface area contributed by atoms with Crippen LogP contribution >= 0.6 is 0 Å². The molecule has 0 aromatic heterocycles. The average Bonchev–Trinajstić information content (AvgIpc) is 3.30. The molecule has 3 heteroatoms. The largest absolute Gasteiger partial charge is 0.329 e. The summed E-state index contributed by atoms with van der Waals surface area (Å²) in [5.74, 6) is 1.61. The summed E-state index contributed by atoms with van der Waals surface area (Å²) in [6.07, 6.45) is 5.45. The molecule has 1 atom stereocenters. The van der Waals surface area contributed by atoms with E-state index in [1.165, 1.54) is 31.2 Å². The maximum atomic E-state index is 13.5. The zero-order chi connectivity index (χ0) is 14.1. The van der Waals surface area contributed by atoms with Gasteiger partial charge in [0, 0.05) is 25.7 Å². The molecule has 2 aliphatic rings. The van der Waals surface area contributed by atoms with Crippen molar-refractivity contribution in [3.63, 3.8) is 0 Å². The second-order valence-corrected chi connectivity index (χ2v) is 6.60. The van der Waals surface area contributed by atoms with Crippen molar-refractivity contribution in [2.45, 2.75) is 38.6 Å². The van der Waals surface area contributed by atoms with Crippen molar-refractivity contribution >= 4 is 0 Å². The van der Waals surface area contributed by atoms with Gasteiger partial charge in [-0.3, -0.25) is 4.90 Å². The standard InChI is InChI=1S/C17H25FN2/c1-12-8-15(6-7-16(12)18)17(9-19)20(10-13-2-3-13)11-14-4-5-14/h6-8,13-14,17H,2-5,9-11,19H2,1H3. The van der Waals surface area contributed by atoms with Crippen LogP contribution in [0.2, 0.25) is 0 Å². The quantitative estimate of drug-likeness (QED) is 0.828. The molecular formula is C17H25FN2. The molecule has 1 aromatic rings. The van der Waals surface area contributed by atoms with Gasteiger partial charge in [-0.15, -0.1) is 0 Å². The Balaban J connectivity index is 1.77. The summed E-state index contributed by atoms with van der Waals surface area (Å²) in [5, 5.41) is 0. The van der Waals surface area contributed by atoms with Crippen LogP contribution in [-0.2, 0) is 0 Å². The van der Waals surface area contributed by atoms with Crippen molar-refractivity contribution in [1.29, 1.82) is 0 Å². The maximum absolute atomic E-state index is 13.5. The molecular weight excluding hydrogens is 251 g/mol. The lowest BCUT2D eigenvalue weighted by Crippen LogP contribution is -2.36. The van der Waals surface area contributed by atoms with Gasteiger partial charge in [-0.1, -0.05) is 12.1 Å². The van der Waals surface area contributed by atoms with E-state index in [2.05, 4.69) is 4.90 Å². The first-order valence-electron chi connectivity index (χ1n) is 7.87. The molecule has 2 aliphatic carbocycles. The van der Waals surface area contributed by atoms with Gasteiger partial charge in [0.15, 0.2) is 0 Å². The summed E-state index contributed by atoms with van der Waals surface area (Å²) in [6.45, 7) is 4.77. The van der Waals surface area contributed by atoms with Gasteiger partial charge in [0.2, 0.25) is 0 Å². The minimum absolute atomic E-state index is 0.125. The normalized spacial score (nSPS) is 20.4. The first kappa shape index (κ1) is 14.0. The zero-order valence-electron chi connectivity index (χ0n) is 12.3. The Morgan fingerprint density at radius 2 is 1.80 bits per heavy atom. The zero-order valence-corrected chi connectivity index (χ0v) is 12.3. The molecule has 20 heavy (non-hydrogen) atoms. The van der Waals surface area contributed by atoms with Crippen molar-refractivity contribution in [2.75, 3.05) is 19.6 Å². The molecule has 2 nitrogen and oxygen atoms in total. The van der Waals surface area contributed by atoms with Crippen LogP contribution in [0.5, 0.6) is 0 Å². The smallest absolute Gasteiger partial charge is 0.126 e. The van der Waals surface area contributed by atoms with Gasteiger partial charge < -0.3 is 5.73 Å². The third-order valence-electron chi connectivity index (χ3n) is 4.61. The molecule has 1 aromatic carbocycles. The first-order valence-corrected chi connectivity index (χ1v) is 7.87. The average molecular weight is 276 g/mol. The topological polar surface area (TPSA) is 29.3 Å². The van der Waals surface area contributed by atoms with Crippen molar-refractivity contribution in [3.05, 3.63) is 35.1 Å². The van der Waals surface area contributed by atoms with Gasteiger partial charge in [-0.05, 0) is 61.6 Å². The van der Waals surface area contributed by atoms with Gasteiger partial charge in [-0.25, -0.2) is 4.39 Å². The van der Waals surface area contributed by atoms with E-state index in [1.54, 1.807) is 6.07 Å². The van der Waals surface area contributed by atoms with Gasteiger partial charge >= 0.3 is 0 Å². The molecule has 0 spiro atoms. The highest BCUT2D eigenvalue weighted by molar-refractivity contribution is 5.27. The second-order valence-electron chi connectivity index (χ2n) is 6.60. The highest BCUT2D eigenvalue weighted by atomic mass is 19.1. The molecule has 0 bridgehead atoms. The highest BCUT2D eigenvalue weighted by Crippen LogP contribution is 2.37. The molecule has 0 amide bonds. The van der Waals surface area contributed by atoms with Crippen LogP contribution in [0.4, 0.5) is 4.39 Å². The lowest BCUT2D eigenvalue weighted by atomic mass is 10.0. The number of hydrogen-bond donors (Lipinski definition) is 1. The molecule has 110 valence electrons. The summed E-state index contributed by atoms with van der Waals surface area (Å²) >= 11 is 0. The molecule has 1 unspecified atom stereocenters. The number of benzene rings is 1. The van der Waals surface area contributed by atoms with E-state index in [0.717, 1.165) is 30.5 Å². The fourth-order valence-corrected chi connectivity index (χ4v) is 2.96. The minimum atomic E-state index is -0.125. The van der Waals surface area contributed by atoms with E-state index < -0.39 is 0 Å². The van der Waals surface area contributed by atoms with Crippen molar-refractivity contribution in [1.82, 2.24) is 4.90 Å². The SMILES string of the molecule is Cc1cc(C(CN)N(CC2CC2)CC2CC2)ccc1F. The molecule has 0 aliphatic heterocycles. The molecule has 3 rings (SSSR count). The first-order chi connectivity index (χ1) is 9.67.